The van der Waals surface area contributed by atoms with E-state index in [2.05, 4.69) is 18.8 Å². The summed E-state index contributed by atoms with van der Waals surface area (Å²) in [6.07, 6.45) is 8.57. The van der Waals surface area contributed by atoms with Crippen molar-refractivity contribution in [1.29, 1.82) is 0 Å². The van der Waals surface area contributed by atoms with Crippen molar-refractivity contribution in [2.45, 2.75) is 77.3 Å². The van der Waals surface area contributed by atoms with Crippen LogP contribution in [-0.2, 0) is 6.18 Å². The van der Waals surface area contributed by atoms with Gasteiger partial charge in [-0.2, -0.15) is 13.2 Å². The molecule has 1 aromatic carbocycles. The molecule has 0 atom stereocenters. The van der Waals surface area contributed by atoms with Crippen molar-refractivity contribution in [2.24, 2.45) is 11.8 Å². The van der Waals surface area contributed by atoms with Gasteiger partial charge in [-0.1, -0.05) is 57.3 Å². The number of benzene rings is 1. The number of halogens is 3. The quantitative estimate of drug-likeness (QED) is 0.375. The zero-order valence-electron chi connectivity index (χ0n) is 15.2. The third kappa shape index (κ3) is 7.14. The highest BCUT2D eigenvalue weighted by molar-refractivity contribution is 5.37. The maximum Gasteiger partial charge on any atom is 0.416 e. The molecule has 0 nitrogen and oxygen atoms in total. The second kappa shape index (κ2) is 9.90. The Balaban J connectivity index is 1.72. The molecule has 1 aliphatic rings. The lowest BCUT2D eigenvalue weighted by atomic mass is 9.80. The largest absolute Gasteiger partial charge is 0.416 e. The molecule has 0 unspecified atom stereocenters. The highest BCUT2D eigenvalue weighted by atomic mass is 19.4. The van der Waals surface area contributed by atoms with Crippen molar-refractivity contribution in [3.8, 4) is 11.8 Å². The standard InChI is InChI=1S/C22H29F3/c1-2-3-4-5-6-7-18-8-10-19(11-9-18)12-13-20-14-16-21(17-15-20)22(23,24)25/h14-19H,2-11H2,1H3/t18-,19-. The van der Waals surface area contributed by atoms with Crippen molar-refractivity contribution in [1.82, 2.24) is 0 Å². The average molecular weight is 350 g/mol. The van der Waals surface area contributed by atoms with E-state index in [9.17, 15) is 13.2 Å². The molecule has 0 aliphatic heterocycles. The molecule has 0 amide bonds. The Labute approximate surface area is 150 Å². The molecule has 3 heteroatoms. The van der Waals surface area contributed by atoms with Crippen LogP contribution in [0.25, 0.3) is 0 Å². The summed E-state index contributed by atoms with van der Waals surface area (Å²) in [4.78, 5) is 0. The predicted molar refractivity (Wildman–Crippen MR) is 97.1 cm³/mol. The van der Waals surface area contributed by atoms with Crippen LogP contribution in [0.4, 0.5) is 13.2 Å². The molecule has 0 bridgehead atoms. The third-order valence-corrected chi connectivity index (χ3v) is 5.20. The Hall–Kier alpha value is -1.43. The molecule has 0 spiro atoms. The van der Waals surface area contributed by atoms with Crippen LogP contribution < -0.4 is 0 Å². The molecule has 0 N–H and O–H groups in total. The Kier molecular flexibility index (Phi) is 7.88. The van der Waals surface area contributed by atoms with Crippen molar-refractivity contribution >= 4 is 0 Å². The van der Waals surface area contributed by atoms with E-state index in [0.717, 1.165) is 30.9 Å². The number of alkyl halides is 3. The first-order chi connectivity index (χ1) is 12.0. The molecule has 0 aromatic heterocycles. The fourth-order valence-electron chi connectivity index (χ4n) is 3.56. The summed E-state index contributed by atoms with van der Waals surface area (Å²) in [5, 5.41) is 0. The first-order valence-electron chi connectivity index (χ1n) is 9.68. The van der Waals surface area contributed by atoms with Crippen LogP contribution >= 0.6 is 0 Å². The van der Waals surface area contributed by atoms with Crippen LogP contribution in [0, 0.1) is 23.7 Å². The Morgan fingerprint density at radius 3 is 2.16 bits per heavy atom. The van der Waals surface area contributed by atoms with Gasteiger partial charge in [-0.25, -0.2) is 0 Å². The molecule has 1 aliphatic carbocycles. The summed E-state index contributed by atoms with van der Waals surface area (Å²) in [7, 11) is 0. The lowest BCUT2D eigenvalue weighted by molar-refractivity contribution is -0.137. The summed E-state index contributed by atoms with van der Waals surface area (Å²) in [6, 6.07) is 5.16. The highest BCUT2D eigenvalue weighted by Crippen LogP contribution is 2.32. The second-order valence-electron chi connectivity index (χ2n) is 7.26. The van der Waals surface area contributed by atoms with Gasteiger partial charge in [-0.15, -0.1) is 0 Å². The maximum atomic E-state index is 12.5. The Morgan fingerprint density at radius 1 is 0.920 bits per heavy atom. The lowest BCUT2D eigenvalue weighted by Gasteiger charge is -2.25. The molecular weight excluding hydrogens is 321 g/mol. The highest BCUT2D eigenvalue weighted by Gasteiger charge is 2.29. The zero-order chi connectivity index (χ0) is 18.1. The van der Waals surface area contributed by atoms with E-state index in [4.69, 9.17) is 0 Å². The number of hydrogen-bond acceptors (Lipinski definition) is 0. The van der Waals surface area contributed by atoms with E-state index >= 15 is 0 Å². The fourth-order valence-corrected chi connectivity index (χ4v) is 3.56. The van der Waals surface area contributed by atoms with Crippen LogP contribution in [0.5, 0.6) is 0 Å². The molecule has 0 heterocycles. The lowest BCUT2D eigenvalue weighted by Crippen LogP contribution is -2.13. The van der Waals surface area contributed by atoms with Gasteiger partial charge in [-0.05, 0) is 55.9 Å². The van der Waals surface area contributed by atoms with Crippen molar-refractivity contribution in [3.63, 3.8) is 0 Å². The summed E-state index contributed by atoms with van der Waals surface area (Å²) in [6.45, 7) is 2.24. The maximum absolute atomic E-state index is 12.5. The monoisotopic (exact) mass is 350 g/mol. The van der Waals surface area contributed by atoms with Gasteiger partial charge in [0.1, 0.15) is 0 Å². The van der Waals surface area contributed by atoms with Gasteiger partial charge in [0.05, 0.1) is 5.56 Å². The number of hydrogen-bond donors (Lipinski definition) is 0. The first-order valence-corrected chi connectivity index (χ1v) is 9.68. The van der Waals surface area contributed by atoms with Gasteiger partial charge in [0.25, 0.3) is 0 Å². The normalized spacial score (nSPS) is 20.8. The summed E-state index contributed by atoms with van der Waals surface area (Å²) >= 11 is 0. The van der Waals surface area contributed by atoms with E-state index in [-0.39, 0.29) is 0 Å². The van der Waals surface area contributed by atoms with Gasteiger partial charge in [0.15, 0.2) is 0 Å². The smallest absolute Gasteiger partial charge is 0.166 e. The van der Waals surface area contributed by atoms with E-state index in [1.165, 1.54) is 63.5 Å². The molecule has 0 radical (unpaired) electrons. The molecule has 138 valence electrons. The molecule has 1 saturated carbocycles. The SMILES string of the molecule is CCCCCCC[C@H]1CC[C@H](C#Cc2ccc(C(F)(F)F)cc2)CC1. The molecule has 25 heavy (non-hydrogen) atoms. The zero-order valence-corrected chi connectivity index (χ0v) is 15.2. The van der Waals surface area contributed by atoms with Crippen LogP contribution in [0.15, 0.2) is 24.3 Å². The van der Waals surface area contributed by atoms with E-state index < -0.39 is 11.7 Å². The summed E-state index contributed by atoms with van der Waals surface area (Å²) in [5.74, 6) is 7.58. The molecule has 1 aromatic rings. The summed E-state index contributed by atoms with van der Waals surface area (Å²) < 4.78 is 37.6. The molecule has 1 fully saturated rings. The van der Waals surface area contributed by atoms with E-state index in [1.54, 1.807) is 0 Å². The number of unbranched alkanes of at least 4 members (excludes halogenated alkanes) is 4. The fraction of sp³-hybridized carbons (Fsp3) is 0.636. The summed E-state index contributed by atoms with van der Waals surface area (Å²) in [5.41, 5.74) is 0.0588. The van der Waals surface area contributed by atoms with Gasteiger partial charge in [0.2, 0.25) is 0 Å². The minimum absolute atomic E-state index is 0.402. The average Bonchev–Trinajstić information content (AvgIpc) is 2.60. The van der Waals surface area contributed by atoms with Gasteiger partial charge < -0.3 is 0 Å². The van der Waals surface area contributed by atoms with Crippen LogP contribution in [-0.4, -0.2) is 0 Å². The van der Waals surface area contributed by atoms with Crippen LogP contribution in [0.1, 0.15) is 82.3 Å². The third-order valence-electron chi connectivity index (χ3n) is 5.20. The van der Waals surface area contributed by atoms with Gasteiger partial charge in [-0.3, -0.25) is 0 Å². The van der Waals surface area contributed by atoms with E-state index in [0.29, 0.717) is 11.5 Å². The minimum atomic E-state index is -4.28. The van der Waals surface area contributed by atoms with Crippen molar-refractivity contribution in [2.75, 3.05) is 0 Å². The van der Waals surface area contributed by atoms with Crippen molar-refractivity contribution < 1.29 is 13.2 Å². The topological polar surface area (TPSA) is 0 Å². The Morgan fingerprint density at radius 2 is 1.56 bits per heavy atom. The second-order valence-corrected chi connectivity index (χ2v) is 7.26. The minimum Gasteiger partial charge on any atom is -0.166 e. The Bertz CT molecular complexity index is 552. The van der Waals surface area contributed by atoms with Crippen molar-refractivity contribution in [3.05, 3.63) is 35.4 Å². The molecule has 0 saturated heterocycles. The van der Waals surface area contributed by atoms with Gasteiger partial charge >= 0.3 is 6.18 Å². The predicted octanol–water partition coefficient (Wildman–Crippen LogP) is 7.22. The van der Waals surface area contributed by atoms with Crippen LogP contribution in [0.2, 0.25) is 0 Å². The molecule has 2 rings (SSSR count). The van der Waals surface area contributed by atoms with E-state index in [1.807, 2.05) is 0 Å². The van der Waals surface area contributed by atoms with Crippen LogP contribution in [0.3, 0.4) is 0 Å². The van der Waals surface area contributed by atoms with Gasteiger partial charge in [0, 0.05) is 11.5 Å². The first kappa shape index (κ1) is 19.9. The number of rotatable bonds is 6. The molecular formula is C22H29F3.